The lowest BCUT2D eigenvalue weighted by atomic mass is 9.96. The van der Waals surface area contributed by atoms with Crippen LogP contribution in [0.25, 0.3) is 78.5 Å². The molecule has 10 aromatic rings. The first-order chi connectivity index (χ1) is 31.6. The van der Waals surface area contributed by atoms with Crippen molar-refractivity contribution in [2.24, 2.45) is 20.9 Å². The summed E-state index contributed by atoms with van der Waals surface area (Å²) < 4.78 is 4.81. The van der Waals surface area contributed by atoms with Crippen LogP contribution in [-0.2, 0) is 6.54 Å². The summed E-state index contributed by atoms with van der Waals surface area (Å²) in [6.45, 7) is 6.59. The molecule has 0 spiro atoms. The minimum absolute atomic E-state index is 0.357. The second-order valence-corrected chi connectivity index (χ2v) is 16.2. The largest absolute Gasteiger partial charge is 0.310 e. The van der Waals surface area contributed by atoms with E-state index in [1.54, 1.807) is 12.4 Å². The summed E-state index contributed by atoms with van der Waals surface area (Å²) in [6.07, 6.45) is 9.33. The molecule has 0 fully saturated rings. The molecule has 0 N–H and O–H groups in total. The fourth-order valence-corrected chi connectivity index (χ4v) is 9.27. The zero-order valence-corrected chi connectivity index (χ0v) is 35.4. The van der Waals surface area contributed by atoms with Crippen molar-refractivity contribution in [2.75, 3.05) is 0 Å². The Balaban J connectivity index is 1.01. The molecule has 4 heterocycles. The lowest BCUT2D eigenvalue weighted by Crippen LogP contribution is -2.31. The zero-order chi connectivity index (χ0) is 43.0. The third-order valence-electron chi connectivity index (χ3n) is 12.2. The van der Waals surface area contributed by atoms with Crippen LogP contribution < -0.4 is 10.6 Å². The Morgan fingerprint density at radius 2 is 1.30 bits per heavy atom. The Kier molecular flexibility index (Phi) is 9.98. The molecule has 4 aromatic heterocycles. The maximum atomic E-state index is 4.98. The highest BCUT2D eigenvalue weighted by molar-refractivity contribution is 6.16. The Bertz CT molecular complexity index is 3560. The van der Waals surface area contributed by atoms with Gasteiger partial charge in [0.2, 0.25) is 0 Å². The van der Waals surface area contributed by atoms with Crippen LogP contribution >= 0.6 is 0 Å². The number of amidine groups is 2. The van der Waals surface area contributed by atoms with Gasteiger partial charge in [0.05, 0.1) is 28.8 Å². The van der Waals surface area contributed by atoms with Crippen LogP contribution in [0, 0.1) is 5.92 Å². The number of benzene rings is 6. The topological polar surface area (TPSA) is 72.7 Å². The number of fused-ring (bicyclic) bond motifs is 6. The van der Waals surface area contributed by atoms with E-state index in [0.717, 1.165) is 45.7 Å². The van der Waals surface area contributed by atoms with E-state index in [4.69, 9.17) is 9.98 Å². The van der Waals surface area contributed by atoms with Gasteiger partial charge in [-0.25, -0.2) is 9.98 Å². The molecule has 1 atom stereocenters. The lowest BCUT2D eigenvalue weighted by Gasteiger charge is -2.12. The van der Waals surface area contributed by atoms with Crippen molar-refractivity contribution in [3.05, 3.63) is 216 Å². The molecule has 1 aliphatic carbocycles. The second-order valence-electron chi connectivity index (χ2n) is 16.2. The predicted octanol–water partition coefficient (Wildman–Crippen LogP) is 11.5. The van der Waals surface area contributed by atoms with Crippen LogP contribution in [0.1, 0.15) is 30.3 Å². The van der Waals surface area contributed by atoms with Crippen LogP contribution in [-0.4, -0.2) is 37.5 Å². The SMILES string of the molecule is C=N/C(=N\C(=N/Cc1ccccn1)c1ccccn1)c1cccc(-c2cccc3c2c2c(n3-c3ccc(-c4cccc5c4c4ccccc4n5-c4ccccc4)cc3)=CCC(C)C=2)c1. The van der Waals surface area contributed by atoms with Crippen LogP contribution in [0.2, 0.25) is 0 Å². The molecule has 1 aliphatic rings. The minimum atomic E-state index is 0.357. The summed E-state index contributed by atoms with van der Waals surface area (Å²) in [5.41, 5.74) is 12.7. The molecule has 6 aromatic carbocycles. The first-order valence-electron chi connectivity index (χ1n) is 21.7. The van der Waals surface area contributed by atoms with Crippen molar-refractivity contribution in [1.29, 1.82) is 0 Å². The van der Waals surface area contributed by atoms with Gasteiger partial charge in [-0.15, -0.1) is 0 Å². The van der Waals surface area contributed by atoms with E-state index in [0.29, 0.717) is 29.8 Å². The molecule has 0 aliphatic heterocycles. The van der Waals surface area contributed by atoms with Crippen molar-refractivity contribution >= 4 is 63.2 Å². The van der Waals surface area contributed by atoms with Gasteiger partial charge < -0.3 is 9.13 Å². The van der Waals surface area contributed by atoms with Crippen LogP contribution in [0.4, 0.5) is 0 Å². The van der Waals surface area contributed by atoms with Gasteiger partial charge >= 0.3 is 0 Å². The molecule has 0 saturated heterocycles. The van der Waals surface area contributed by atoms with Gasteiger partial charge in [-0.1, -0.05) is 122 Å². The highest BCUT2D eigenvalue weighted by atomic mass is 15.0. The Hall–Kier alpha value is -8.29. The number of hydrogen-bond donors (Lipinski definition) is 0. The number of nitrogens with zero attached hydrogens (tertiary/aromatic N) is 7. The third kappa shape index (κ3) is 6.93. The predicted molar refractivity (Wildman–Crippen MR) is 265 cm³/mol. The summed E-state index contributed by atoms with van der Waals surface area (Å²) in [4.78, 5) is 23.3. The molecule has 7 nitrogen and oxygen atoms in total. The first kappa shape index (κ1) is 38.6. The number of pyridine rings is 2. The molecule has 0 amide bonds. The van der Waals surface area contributed by atoms with Gasteiger partial charge in [0.1, 0.15) is 5.69 Å². The summed E-state index contributed by atoms with van der Waals surface area (Å²) in [5.74, 6) is 1.34. The van der Waals surface area contributed by atoms with Crippen molar-refractivity contribution in [3.8, 4) is 33.6 Å². The molecule has 0 radical (unpaired) electrons. The standard InChI is InChI=1S/C57H43N7/c1-38-27-32-51-48(35-38)55-46(40-15-12-16-41(36-40)56(58-2)62-57(49-23-9-11-34-60-49)61-37-42-17-8-10-33-59-42)22-14-26-53(55)64(51)44-30-28-39(29-31-44)45-21-13-25-52-54(45)47-20-6-7-24-50(47)63(52)43-18-4-3-5-19-43/h3-26,28-36,38H,2,27,37H2,1H3/b61-57-,62-56-. The van der Waals surface area contributed by atoms with Crippen LogP contribution in [0.5, 0.6) is 0 Å². The highest BCUT2D eigenvalue weighted by Crippen LogP contribution is 2.39. The van der Waals surface area contributed by atoms with Gasteiger partial charge in [-0.05, 0) is 114 Å². The Morgan fingerprint density at radius 3 is 2.06 bits per heavy atom. The zero-order valence-electron chi connectivity index (χ0n) is 35.4. The molecule has 0 saturated carbocycles. The van der Waals surface area contributed by atoms with Crippen molar-refractivity contribution in [1.82, 2.24) is 19.1 Å². The van der Waals surface area contributed by atoms with E-state index in [2.05, 4.69) is 183 Å². The summed E-state index contributed by atoms with van der Waals surface area (Å²) in [7, 11) is 0. The molecule has 306 valence electrons. The molecule has 7 heteroatoms. The van der Waals surface area contributed by atoms with Gasteiger partial charge in [-0.3, -0.25) is 15.0 Å². The van der Waals surface area contributed by atoms with Gasteiger partial charge in [-0.2, -0.15) is 0 Å². The Labute approximate surface area is 371 Å². The molecular weight excluding hydrogens is 783 g/mol. The van der Waals surface area contributed by atoms with Crippen molar-refractivity contribution in [2.45, 2.75) is 19.9 Å². The monoisotopic (exact) mass is 825 g/mol. The summed E-state index contributed by atoms with van der Waals surface area (Å²) in [5, 5.41) is 6.19. The number of hydrogen-bond acceptors (Lipinski definition) is 3. The molecular formula is C57H43N7. The minimum Gasteiger partial charge on any atom is -0.310 e. The van der Waals surface area contributed by atoms with E-state index in [9.17, 15) is 0 Å². The van der Waals surface area contributed by atoms with Gasteiger partial charge in [0, 0.05) is 56.1 Å². The van der Waals surface area contributed by atoms with E-state index in [1.165, 1.54) is 48.9 Å². The van der Waals surface area contributed by atoms with Crippen LogP contribution in [0.3, 0.4) is 0 Å². The average Bonchev–Trinajstić information content (AvgIpc) is 3.88. The number of para-hydroxylation sites is 2. The van der Waals surface area contributed by atoms with E-state index in [1.807, 2.05) is 42.5 Å². The molecule has 1 unspecified atom stereocenters. The molecule has 64 heavy (non-hydrogen) atoms. The summed E-state index contributed by atoms with van der Waals surface area (Å²) >= 11 is 0. The average molecular weight is 826 g/mol. The number of aromatic nitrogens is 4. The fourth-order valence-electron chi connectivity index (χ4n) is 9.27. The van der Waals surface area contributed by atoms with E-state index in [-0.39, 0.29) is 0 Å². The maximum Gasteiger partial charge on any atom is 0.176 e. The van der Waals surface area contributed by atoms with Gasteiger partial charge in [0.25, 0.3) is 0 Å². The third-order valence-corrected chi connectivity index (χ3v) is 12.2. The van der Waals surface area contributed by atoms with Crippen LogP contribution in [0.15, 0.2) is 203 Å². The fraction of sp³-hybridized carbons (Fsp3) is 0.0702. The van der Waals surface area contributed by atoms with Crippen molar-refractivity contribution < 1.29 is 0 Å². The van der Waals surface area contributed by atoms with E-state index >= 15 is 0 Å². The van der Waals surface area contributed by atoms with Crippen molar-refractivity contribution in [3.63, 3.8) is 0 Å². The highest BCUT2D eigenvalue weighted by Gasteiger charge is 2.20. The van der Waals surface area contributed by atoms with E-state index < -0.39 is 0 Å². The second kappa shape index (κ2) is 16.5. The number of rotatable bonds is 8. The first-order valence-corrected chi connectivity index (χ1v) is 21.7. The Morgan fingerprint density at radius 1 is 0.609 bits per heavy atom. The van der Waals surface area contributed by atoms with Gasteiger partial charge in [0.15, 0.2) is 11.7 Å². The normalized spacial score (nSPS) is 14.0. The quantitative estimate of drug-likeness (QED) is 0.113. The number of aliphatic imine (C=N–C) groups is 3. The maximum absolute atomic E-state index is 4.98. The lowest BCUT2D eigenvalue weighted by molar-refractivity contribution is 0.795. The molecule has 0 bridgehead atoms. The molecule has 11 rings (SSSR count). The smallest absolute Gasteiger partial charge is 0.176 e. The summed E-state index contributed by atoms with van der Waals surface area (Å²) in [6, 6.07) is 61.7.